The molecule has 0 saturated heterocycles. The molecule has 1 atom stereocenters. The van der Waals surface area contributed by atoms with Crippen LogP contribution in [0.5, 0.6) is 0 Å². The first-order valence-electron chi connectivity index (χ1n) is 10.1. The number of nitrogens with zero attached hydrogens (tertiary/aromatic N) is 1. The Kier molecular flexibility index (Phi) is 5.73. The van der Waals surface area contributed by atoms with Crippen molar-refractivity contribution in [2.45, 2.75) is 32.9 Å². The summed E-state index contributed by atoms with van der Waals surface area (Å²) in [7, 11) is 0. The van der Waals surface area contributed by atoms with Crippen molar-refractivity contribution in [2.24, 2.45) is 0 Å². The highest BCUT2D eigenvalue weighted by molar-refractivity contribution is 5.83. The Morgan fingerprint density at radius 3 is 2.58 bits per heavy atom. The molecule has 0 spiro atoms. The van der Waals surface area contributed by atoms with Crippen molar-refractivity contribution in [3.63, 3.8) is 0 Å². The molecule has 6 nitrogen and oxygen atoms in total. The molecule has 1 amide bonds. The maximum absolute atomic E-state index is 12.4. The van der Waals surface area contributed by atoms with Crippen LogP contribution >= 0.6 is 0 Å². The van der Waals surface area contributed by atoms with Gasteiger partial charge in [-0.3, -0.25) is 10.0 Å². The number of aliphatic hydroxyl groups is 1. The summed E-state index contributed by atoms with van der Waals surface area (Å²) in [6.45, 7) is 4.60. The van der Waals surface area contributed by atoms with E-state index in [9.17, 15) is 15.1 Å². The highest BCUT2D eigenvalue weighted by atomic mass is 16.5. The molecular weight excluding hydrogens is 392 g/mol. The fraction of sp³-hybridized carbons (Fsp3) is 0.200. The van der Waals surface area contributed by atoms with Crippen LogP contribution in [0.4, 0.5) is 0 Å². The van der Waals surface area contributed by atoms with E-state index < -0.39 is 6.10 Å². The summed E-state index contributed by atoms with van der Waals surface area (Å²) < 4.78 is 6.69. The van der Waals surface area contributed by atoms with Gasteiger partial charge in [-0.25, -0.2) is 0 Å². The van der Waals surface area contributed by atoms with Crippen molar-refractivity contribution < 1.29 is 24.3 Å². The van der Waals surface area contributed by atoms with Crippen molar-refractivity contribution in [3.05, 3.63) is 101 Å². The van der Waals surface area contributed by atoms with E-state index in [0.29, 0.717) is 23.5 Å². The van der Waals surface area contributed by atoms with Crippen LogP contribution < -0.4 is 10.0 Å². The van der Waals surface area contributed by atoms with Crippen LogP contribution in [-0.2, 0) is 17.8 Å². The van der Waals surface area contributed by atoms with E-state index in [1.54, 1.807) is 18.2 Å². The minimum atomic E-state index is -0.946. The quantitative estimate of drug-likeness (QED) is 0.331. The van der Waals surface area contributed by atoms with Gasteiger partial charge in [-0.15, -0.1) is 0 Å². The Morgan fingerprint density at radius 2 is 1.84 bits per heavy atom. The zero-order valence-electron chi connectivity index (χ0n) is 17.5. The third kappa shape index (κ3) is 4.75. The third-order valence-corrected chi connectivity index (χ3v) is 5.36. The number of aliphatic hydroxyl groups excluding tert-OH is 1. The first-order valence-corrected chi connectivity index (χ1v) is 10.1. The van der Waals surface area contributed by atoms with Crippen LogP contribution in [0.3, 0.4) is 0 Å². The maximum Gasteiger partial charge on any atom is 0.224 e. The molecule has 0 aliphatic heterocycles. The number of rotatable bonds is 6. The zero-order chi connectivity index (χ0) is 22.0. The van der Waals surface area contributed by atoms with Crippen molar-refractivity contribution in [1.82, 2.24) is 5.32 Å². The monoisotopic (exact) mass is 417 g/mol. The molecule has 2 aromatic heterocycles. The first kappa shape index (κ1) is 20.6. The maximum atomic E-state index is 12.4. The van der Waals surface area contributed by atoms with E-state index in [2.05, 4.69) is 18.3 Å². The molecule has 2 aromatic carbocycles. The molecule has 0 aliphatic rings. The molecule has 31 heavy (non-hydrogen) atoms. The average molecular weight is 417 g/mol. The molecule has 6 heteroatoms. The second-order valence-corrected chi connectivity index (χ2v) is 7.82. The van der Waals surface area contributed by atoms with Gasteiger partial charge in [0, 0.05) is 34.4 Å². The van der Waals surface area contributed by atoms with Gasteiger partial charge in [0.05, 0.1) is 6.42 Å². The molecule has 0 saturated carbocycles. The zero-order valence-corrected chi connectivity index (χ0v) is 17.5. The van der Waals surface area contributed by atoms with E-state index >= 15 is 0 Å². The van der Waals surface area contributed by atoms with Crippen molar-refractivity contribution in [3.8, 4) is 0 Å². The van der Waals surface area contributed by atoms with E-state index in [0.717, 1.165) is 21.2 Å². The lowest BCUT2D eigenvalue weighted by Gasteiger charge is -2.09. The number of carbonyl (C=O) groups excluding carboxylic acids is 1. The summed E-state index contributed by atoms with van der Waals surface area (Å²) in [6, 6.07) is 16.8. The molecule has 0 fully saturated rings. The fourth-order valence-corrected chi connectivity index (χ4v) is 3.62. The molecule has 0 aliphatic carbocycles. The Labute approximate surface area is 180 Å². The van der Waals surface area contributed by atoms with Crippen molar-refractivity contribution in [2.75, 3.05) is 0 Å². The van der Waals surface area contributed by atoms with Gasteiger partial charge in [0.1, 0.15) is 17.4 Å². The number of nitrogens with one attached hydrogen (secondary N) is 1. The Balaban J connectivity index is 1.44. The molecular formula is C25H25N2O4+. The highest BCUT2D eigenvalue weighted by Crippen LogP contribution is 2.28. The molecule has 158 valence electrons. The van der Waals surface area contributed by atoms with Crippen LogP contribution in [0.2, 0.25) is 0 Å². The third-order valence-electron chi connectivity index (χ3n) is 5.36. The van der Waals surface area contributed by atoms with Gasteiger partial charge < -0.3 is 14.8 Å². The lowest BCUT2D eigenvalue weighted by atomic mass is 10.1. The lowest BCUT2D eigenvalue weighted by Crippen LogP contribution is -2.28. The van der Waals surface area contributed by atoms with Crippen LogP contribution in [0.1, 0.15) is 39.7 Å². The van der Waals surface area contributed by atoms with E-state index in [1.807, 2.05) is 37.3 Å². The van der Waals surface area contributed by atoms with Crippen LogP contribution in [0, 0.1) is 13.8 Å². The van der Waals surface area contributed by atoms with Gasteiger partial charge in [0.15, 0.2) is 0 Å². The van der Waals surface area contributed by atoms with Gasteiger partial charge >= 0.3 is 0 Å². The summed E-state index contributed by atoms with van der Waals surface area (Å²) in [5, 5.41) is 23.7. The minimum Gasteiger partial charge on any atom is -0.458 e. The Hall–Kier alpha value is -3.64. The second kappa shape index (κ2) is 8.62. The molecule has 4 rings (SSSR count). The standard InChI is InChI=1S/C25H24N2O4/c1-16-3-5-20(17(2)11-16)15-26-24(28)13-18-4-6-22-21(12-18)14-23(31-22)25(29)19-7-9-27(30)10-8-19/h3-12,14,25,29H,13,15H2,1-2H3,(H-,26,28,30)/p+1. The number of benzene rings is 2. The molecule has 3 N–H and O–H groups in total. The fourth-order valence-electron chi connectivity index (χ4n) is 3.62. The molecule has 2 heterocycles. The lowest BCUT2D eigenvalue weighted by molar-refractivity contribution is -0.904. The molecule has 0 radical (unpaired) electrons. The normalized spacial score (nSPS) is 12.1. The van der Waals surface area contributed by atoms with Crippen LogP contribution in [0.15, 0.2) is 71.4 Å². The van der Waals surface area contributed by atoms with Gasteiger partial charge in [-0.1, -0.05) is 29.8 Å². The van der Waals surface area contributed by atoms with Crippen molar-refractivity contribution in [1.29, 1.82) is 0 Å². The number of amides is 1. The number of hydrogen-bond acceptors (Lipinski definition) is 4. The van der Waals surface area contributed by atoms with Gasteiger partial charge in [-0.05, 0) is 48.7 Å². The second-order valence-electron chi connectivity index (χ2n) is 7.82. The van der Waals surface area contributed by atoms with Gasteiger partial charge in [0.2, 0.25) is 18.3 Å². The summed E-state index contributed by atoms with van der Waals surface area (Å²) in [6.07, 6.45) is 2.20. The van der Waals surface area contributed by atoms with Gasteiger partial charge in [-0.2, -0.15) is 0 Å². The summed E-state index contributed by atoms with van der Waals surface area (Å²) >= 11 is 0. The minimum absolute atomic E-state index is 0.0512. The largest absolute Gasteiger partial charge is 0.458 e. The highest BCUT2D eigenvalue weighted by Gasteiger charge is 2.17. The summed E-state index contributed by atoms with van der Waals surface area (Å²) in [4.78, 5) is 12.4. The topological polar surface area (TPSA) is 86.6 Å². The number of aryl methyl sites for hydroxylation is 2. The van der Waals surface area contributed by atoms with E-state index in [4.69, 9.17) is 4.42 Å². The Bertz CT molecular complexity index is 1230. The number of furan rings is 1. The van der Waals surface area contributed by atoms with Crippen LogP contribution in [-0.4, -0.2) is 16.2 Å². The SMILES string of the molecule is Cc1ccc(CNC(=O)Cc2ccc3oc(C(O)c4cc[n+](O)cc4)cc3c2)c(C)c1. The number of aromatic nitrogens is 1. The van der Waals surface area contributed by atoms with Gasteiger partial charge in [0.25, 0.3) is 0 Å². The number of carbonyl (C=O) groups is 1. The predicted molar refractivity (Wildman–Crippen MR) is 116 cm³/mol. The predicted octanol–water partition coefficient (Wildman–Crippen LogP) is 3.52. The van der Waals surface area contributed by atoms with E-state index in [1.165, 1.54) is 23.5 Å². The summed E-state index contributed by atoms with van der Waals surface area (Å²) in [5.74, 6) is 0.354. The molecule has 4 aromatic rings. The van der Waals surface area contributed by atoms with E-state index in [-0.39, 0.29) is 12.3 Å². The smallest absolute Gasteiger partial charge is 0.224 e. The van der Waals surface area contributed by atoms with Crippen LogP contribution in [0.25, 0.3) is 11.0 Å². The molecule has 1 unspecified atom stereocenters. The first-order chi connectivity index (χ1) is 14.9. The Morgan fingerprint density at radius 1 is 1.06 bits per heavy atom. The van der Waals surface area contributed by atoms with Crippen molar-refractivity contribution >= 4 is 16.9 Å². The molecule has 0 bridgehead atoms. The average Bonchev–Trinajstić information content (AvgIpc) is 3.16. The number of pyridine rings is 1. The summed E-state index contributed by atoms with van der Waals surface area (Å²) in [5.41, 5.74) is 5.59. The number of fused-ring (bicyclic) bond motifs is 1. The number of hydrogen-bond donors (Lipinski definition) is 3.